The lowest BCUT2D eigenvalue weighted by Crippen LogP contribution is -2.14. The first kappa shape index (κ1) is 14.8. The van der Waals surface area contributed by atoms with Crippen molar-refractivity contribution < 1.29 is 4.79 Å². The Balaban J connectivity index is 1.96. The maximum absolute atomic E-state index is 12.3. The second-order valence-corrected chi connectivity index (χ2v) is 5.26. The molecule has 1 aromatic carbocycles. The van der Waals surface area contributed by atoms with Gasteiger partial charge in [0.1, 0.15) is 5.69 Å². The fourth-order valence-corrected chi connectivity index (χ4v) is 2.19. The fourth-order valence-electron chi connectivity index (χ4n) is 2.19. The van der Waals surface area contributed by atoms with E-state index in [1.165, 1.54) is 0 Å². The Morgan fingerprint density at radius 3 is 2.65 bits per heavy atom. The van der Waals surface area contributed by atoms with Gasteiger partial charge < -0.3 is 5.32 Å². The Labute approximate surface area is 133 Å². The van der Waals surface area contributed by atoms with Crippen LogP contribution in [0.25, 0.3) is 11.4 Å². The van der Waals surface area contributed by atoms with E-state index in [0.29, 0.717) is 17.2 Å². The quantitative estimate of drug-likeness (QED) is 0.800. The highest BCUT2D eigenvalue weighted by molar-refractivity contribution is 6.04. The van der Waals surface area contributed by atoms with E-state index in [1.54, 1.807) is 29.1 Å². The van der Waals surface area contributed by atoms with Crippen LogP contribution in [0.3, 0.4) is 0 Å². The van der Waals surface area contributed by atoms with E-state index in [9.17, 15) is 4.79 Å². The number of carbonyl (C=O) groups excluding carboxylic acids is 1. The minimum absolute atomic E-state index is 0.111. The largest absolute Gasteiger partial charge is 0.320 e. The average molecular weight is 308 g/mol. The standard InChI is InChI=1S/C16H16N6O/c1-11(2)22-15(19-20-21-22)12-7-3-4-8-13(12)18-16(23)14-9-5-6-10-17-14/h3-11H,1-2H3,(H,18,23). The molecule has 0 saturated carbocycles. The van der Waals surface area contributed by atoms with E-state index < -0.39 is 0 Å². The summed E-state index contributed by atoms with van der Waals surface area (Å²) in [6, 6.07) is 12.7. The van der Waals surface area contributed by atoms with Crippen molar-refractivity contribution in [1.29, 1.82) is 0 Å². The van der Waals surface area contributed by atoms with Crippen molar-refractivity contribution >= 4 is 11.6 Å². The minimum atomic E-state index is -0.276. The Bertz CT molecular complexity index is 812. The lowest BCUT2D eigenvalue weighted by Gasteiger charge is -2.12. The van der Waals surface area contributed by atoms with Crippen molar-refractivity contribution in [3.05, 3.63) is 54.4 Å². The number of para-hydroxylation sites is 1. The van der Waals surface area contributed by atoms with E-state index >= 15 is 0 Å². The molecule has 0 aliphatic carbocycles. The van der Waals surface area contributed by atoms with Gasteiger partial charge in [0.2, 0.25) is 0 Å². The van der Waals surface area contributed by atoms with Crippen LogP contribution in [0.15, 0.2) is 48.7 Å². The molecule has 0 bridgehead atoms. The van der Waals surface area contributed by atoms with Gasteiger partial charge in [-0.25, -0.2) is 4.68 Å². The number of amides is 1. The van der Waals surface area contributed by atoms with E-state index in [1.807, 2.05) is 38.1 Å². The molecule has 0 saturated heterocycles. The highest BCUT2D eigenvalue weighted by atomic mass is 16.1. The average Bonchev–Trinajstić information content (AvgIpc) is 3.06. The van der Waals surface area contributed by atoms with Crippen molar-refractivity contribution in [2.75, 3.05) is 5.32 Å². The predicted octanol–water partition coefficient (Wildman–Crippen LogP) is 2.57. The number of carbonyl (C=O) groups is 1. The van der Waals surface area contributed by atoms with Crippen LogP contribution in [0.5, 0.6) is 0 Å². The molecule has 23 heavy (non-hydrogen) atoms. The molecule has 0 aliphatic rings. The second-order valence-electron chi connectivity index (χ2n) is 5.26. The zero-order valence-electron chi connectivity index (χ0n) is 12.8. The molecule has 1 N–H and O–H groups in total. The van der Waals surface area contributed by atoms with Crippen LogP contribution >= 0.6 is 0 Å². The second kappa shape index (κ2) is 6.35. The van der Waals surface area contributed by atoms with Crippen LogP contribution in [-0.4, -0.2) is 31.1 Å². The van der Waals surface area contributed by atoms with E-state index in [0.717, 1.165) is 5.56 Å². The van der Waals surface area contributed by atoms with Gasteiger partial charge in [-0.05, 0) is 48.5 Å². The number of hydrogen-bond acceptors (Lipinski definition) is 5. The molecule has 3 rings (SSSR count). The van der Waals surface area contributed by atoms with Gasteiger partial charge in [-0.2, -0.15) is 0 Å². The number of rotatable bonds is 4. The summed E-state index contributed by atoms with van der Waals surface area (Å²) >= 11 is 0. The number of hydrogen-bond donors (Lipinski definition) is 1. The van der Waals surface area contributed by atoms with Crippen LogP contribution < -0.4 is 5.32 Å². The molecule has 3 aromatic rings. The zero-order valence-corrected chi connectivity index (χ0v) is 12.8. The third-order valence-corrected chi connectivity index (χ3v) is 3.30. The topological polar surface area (TPSA) is 85.6 Å². The number of aromatic nitrogens is 5. The maximum Gasteiger partial charge on any atom is 0.274 e. The molecule has 2 heterocycles. The Hall–Kier alpha value is -3.09. The molecule has 0 unspecified atom stereocenters. The molecule has 116 valence electrons. The summed E-state index contributed by atoms with van der Waals surface area (Å²) < 4.78 is 1.71. The van der Waals surface area contributed by atoms with Crippen LogP contribution in [0.1, 0.15) is 30.4 Å². The van der Waals surface area contributed by atoms with Crippen molar-refractivity contribution in [2.45, 2.75) is 19.9 Å². The van der Waals surface area contributed by atoms with Gasteiger partial charge in [-0.15, -0.1) is 5.10 Å². The monoisotopic (exact) mass is 308 g/mol. The van der Waals surface area contributed by atoms with Crippen LogP contribution in [0.4, 0.5) is 5.69 Å². The van der Waals surface area contributed by atoms with Crippen molar-refractivity contribution in [3.8, 4) is 11.4 Å². The normalized spacial score (nSPS) is 10.7. The van der Waals surface area contributed by atoms with Crippen LogP contribution in [0.2, 0.25) is 0 Å². The maximum atomic E-state index is 12.3. The highest BCUT2D eigenvalue weighted by Crippen LogP contribution is 2.27. The van der Waals surface area contributed by atoms with E-state index in [-0.39, 0.29) is 11.9 Å². The molecule has 7 nitrogen and oxygen atoms in total. The molecule has 1 amide bonds. The van der Waals surface area contributed by atoms with Crippen molar-refractivity contribution in [3.63, 3.8) is 0 Å². The number of anilines is 1. The molecular formula is C16H16N6O. The first-order valence-electron chi connectivity index (χ1n) is 7.26. The Morgan fingerprint density at radius 1 is 1.13 bits per heavy atom. The van der Waals surface area contributed by atoms with Gasteiger partial charge in [-0.3, -0.25) is 9.78 Å². The Morgan fingerprint density at radius 2 is 1.91 bits per heavy atom. The van der Waals surface area contributed by atoms with Crippen molar-refractivity contribution in [1.82, 2.24) is 25.2 Å². The number of pyridine rings is 1. The summed E-state index contributed by atoms with van der Waals surface area (Å²) in [4.78, 5) is 16.4. The van der Waals surface area contributed by atoms with Gasteiger partial charge >= 0.3 is 0 Å². The number of tetrazole rings is 1. The molecule has 0 fully saturated rings. The summed E-state index contributed by atoms with van der Waals surface area (Å²) in [5.41, 5.74) is 1.75. The fraction of sp³-hybridized carbons (Fsp3) is 0.188. The molecule has 0 aliphatic heterocycles. The van der Waals surface area contributed by atoms with Gasteiger partial charge in [0.15, 0.2) is 5.82 Å². The van der Waals surface area contributed by atoms with Gasteiger partial charge in [0.05, 0.1) is 11.7 Å². The number of benzene rings is 1. The molecule has 0 spiro atoms. The summed E-state index contributed by atoms with van der Waals surface area (Å²) in [5, 5.41) is 14.7. The zero-order chi connectivity index (χ0) is 16.2. The molecule has 0 radical (unpaired) electrons. The first-order chi connectivity index (χ1) is 11.2. The van der Waals surface area contributed by atoms with Crippen molar-refractivity contribution in [2.24, 2.45) is 0 Å². The minimum Gasteiger partial charge on any atom is -0.320 e. The van der Waals surface area contributed by atoms with E-state index in [4.69, 9.17) is 0 Å². The smallest absolute Gasteiger partial charge is 0.274 e. The van der Waals surface area contributed by atoms with E-state index in [2.05, 4.69) is 25.8 Å². The van der Waals surface area contributed by atoms with Gasteiger partial charge in [-0.1, -0.05) is 18.2 Å². The van der Waals surface area contributed by atoms with Crippen LogP contribution in [-0.2, 0) is 0 Å². The molecule has 0 atom stereocenters. The summed E-state index contributed by atoms with van der Waals surface area (Å²) in [6.45, 7) is 3.99. The summed E-state index contributed by atoms with van der Waals surface area (Å²) in [5.74, 6) is 0.332. The summed E-state index contributed by atoms with van der Waals surface area (Å²) in [6.07, 6.45) is 1.58. The lowest BCUT2D eigenvalue weighted by molar-refractivity contribution is 0.102. The predicted molar refractivity (Wildman–Crippen MR) is 85.8 cm³/mol. The third-order valence-electron chi connectivity index (χ3n) is 3.30. The molecule has 7 heteroatoms. The van der Waals surface area contributed by atoms with Gasteiger partial charge in [0, 0.05) is 11.8 Å². The van der Waals surface area contributed by atoms with Crippen LogP contribution in [0, 0.1) is 0 Å². The number of nitrogens with one attached hydrogen (secondary N) is 1. The third kappa shape index (κ3) is 3.08. The molecule has 2 aromatic heterocycles. The molecular weight excluding hydrogens is 292 g/mol. The Kier molecular flexibility index (Phi) is 4.09. The lowest BCUT2D eigenvalue weighted by atomic mass is 10.1. The number of nitrogens with zero attached hydrogens (tertiary/aromatic N) is 5. The highest BCUT2D eigenvalue weighted by Gasteiger charge is 2.16. The SMILES string of the molecule is CC(C)n1nnnc1-c1ccccc1NC(=O)c1ccccn1. The summed E-state index contributed by atoms with van der Waals surface area (Å²) in [7, 11) is 0. The van der Waals surface area contributed by atoms with Gasteiger partial charge in [0.25, 0.3) is 5.91 Å². The first-order valence-corrected chi connectivity index (χ1v) is 7.26.